The Bertz CT molecular complexity index is 1280. The Morgan fingerprint density at radius 1 is 0.951 bits per heavy atom. The van der Waals surface area contributed by atoms with Crippen molar-refractivity contribution < 1.29 is 14.7 Å². The van der Waals surface area contributed by atoms with Gasteiger partial charge in [0.2, 0.25) is 0 Å². The van der Waals surface area contributed by atoms with Gasteiger partial charge in [-0.3, -0.25) is 9.79 Å². The topological polar surface area (TPSA) is 73.2 Å². The SMILES string of the molecule is CC(C)(C)CCC(c1ccc(C(=O)O)cc1)N1C(=O)C(c2cc(Cl)cc(Cl)c2)=NC12CCN(CCC(C)(C)C)CC2. The molecule has 222 valence electrons. The zero-order valence-electron chi connectivity index (χ0n) is 25.1. The van der Waals surface area contributed by atoms with Crippen LogP contribution in [-0.4, -0.2) is 57.8 Å². The van der Waals surface area contributed by atoms with E-state index < -0.39 is 11.6 Å². The van der Waals surface area contributed by atoms with Crippen molar-refractivity contribution >= 4 is 40.8 Å². The largest absolute Gasteiger partial charge is 0.478 e. The zero-order chi connectivity index (χ0) is 30.2. The fourth-order valence-corrected chi connectivity index (χ4v) is 6.29. The monoisotopic (exact) mass is 599 g/mol. The van der Waals surface area contributed by atoms with Crippen molar-refractivity contribution in [1.82, 2.24) is 9.80 Å². The number of aromatic carboxylic acids is 1. The molecule has 2 aromatic rings. The number of likely N-dealkylation sites (tertiary alicyclic amines) is 1. The fraction of sp³-hybridized carbons (Fsp3) is 0.545. The van der Waals surface area contributed by atoms with Crippen LogP contribution in [0.3, 0.4) is 0 Å². The molecule has 0 saturated carbocycles. The average molecular weight is 601 g/mol. The second-order valence-electron chi connectivity index (χ2n) is 14.0. The molecule has 1 atom stereocenters. The summed E-state index contributed by atoms with van der Waals surface area (Å²) in [5.41, 5.74) is 1.76. The number of benzene rings is 2. The van der Waals surface area contributed by atoms with Crippen molar-refractivity contribution in [3.63, 3.8) is 0 Å². The molecule has 2 aliphatic heterocycles. The molecule has 8 heteroatoms. The number of amides is 1. The van der Waals surface area contributed by atoms with Crippen LogP contribution in [0.15, 0.2) is 47.5 Å². The molecule has 2 aromatic carbocycles. The van der Waals surface area contributed by atoms with Crippen LogP contribution in [0.4, 0.5) is 0 Å². The number of piperidine rings is 1. The number of carbonyl (C=O) groups excluding carboxylic acids is 1. The van der Waals surface area contributed by atoms with Crippen LogP contribution >= 0.6 is 23.2 Å². The van der Waals surface area contributed by atoms with Crippen molar-refractivity contribution in [2.24, 2.45) is 15.8 Å². The van der Waals surface area contributed by atoms with E-state index in [-0.39, 0.29) is 28.3 Å². The average Bonchev–Trinajstić information content (AvgIpc) is 3.14. The second kappa shape index (κ2) is 12.1. The Morgan fingerprint density at radius 3 is 2.02 bits per heavy atom. The molecule has 2 heterocycles. The Labute approximate surface area is 254 Å². The Kier molecular flexibility index (Phi) is 9.28. The maximum absolute atomic E-state index is 14.5. The molecule has 1 spiro atoms. The van der Waals surface area contributed by atoms with E-state index in [0.29, 0.717) is 21.3 Å². The summed E-state index contributed by atoms with van der Waals surface area (Å²) in [6.07, 6.45) is 4.16. The normalized spacial score (nSPS) is 18.6. The highest BCUT2D eigenvalue weighted by atomic mass is 35.5. The number of nitrogens with zero attached hydrogens (tertiary/aromatic N) is 3. The number of carboxylic acid groups (broad SMARTS) is 1. The zero-order valence-corrected chi connectivity index (χ0v) is 26.6. The summed E-state index contributed by atoms with van der Waals surface area (Å²) >= 11 is 12.7. The molecule has 0 bridgehead atoms. The smallest absolute Gasteiger partial charge is 0.335 e. The summed E-state index contributed by atoms with van der Waals surface area (Å²) in [6.45, 7) is 16.1. The van der Waals surface area contributed by atoms with Gasteiger partial charge in [0.25, 0.3) is 5.91 Å². The number of carboxylic acids is 1. The van der Waals surface area contributed by atoms with Gasteiger partial charge in [0.1, 0.15) is 11.4 Å². The lowest BCUT2D eigenvalue weighted by Gasteiger charge is -2.47. The highest BCUT2D eigenvalue weighted by Gasteiger charge is 2.51. The molecule has 0 radical (unpaired) electrons. The van der Waals surface area contributed by atoms with Crippen LogP contribution in [0.1, 0.15) is 101 Å². The van der Waals surface area contributed by atoms with E-state index in [4.69, 9.17) is 28.2 Å². The van der Waals surface area contributed by atoms with Crippen LogP contribution in [-0.2, 0) is 4.79 Å². The van der Waals surface area contributed by atoms with Gasteiger partial charge in [-0.15, -0.1) is 0 Å². The van der Waals surface area contributed by atoms with Gasteiger partial charge in [-0.05, 0) is 72.5 Å². The molecule has 1 N–H and O–H groups in total. The van der Waals surface area contributed by atoms with Crippen molar-refractivity contribution in [1.29, 1.82) is 0 Å². The first-order chi connectivity index (χ1) is 19.1. The number of hydrogen-bond acceptors (Lipinski definition) is 4. The fourth-order valence-electron chi connectivity index (χ4n) is 5.77. The van der Waals surface area contributed by atoms with E-state index in [1.807, 2.05) is 17.0 Å². The minimum Gasteiger partial charge on any atom is -0.478 e. The van der Waals surface area contributed by atoms with Gasteiger partial charge in [0, 0.05) is 41.5 Å². The van der Waals surface area contributed by atoms with Gasteiger partial charge in [0.15, 0.2) is 0 Å². The maximum atomic E-state index is 14.5. The quantitative estimate of drug-likeness (QED) is 0.332. The molecule has 0 aromatic heterocycles. The van der Waals surface area contributed by atoms with Gasteiger partial charge in [-0.2, -0.15) is 0 Å². The molecule has 4 rings (SSSR count). The van der Waals surface area contributed by atoms with Crippen molar-refractivity contribution in [2.45, 2.75) is 85.4 Å². The lowest BCUT2D eigenvalue weighted by atomic mass is 9.84. The van der Waals surface area contributed by atoms with Gasteiger partial charge >= 0.3 is 5.97 Å². The molecule has 6 nitrogen and oxygen atoms in total. The summed E-state index contributed by atoms with van der Waals surface area (Å²) < 4.78 is 0. The molecule has 1 fully saturated rings. The molecule has 1 unspecified atom stereocenters. The highest BCUT2D eigenvalue weighted by Crippen LogP contribution is 2.45. The molecule has 0 aliphatic carbocycles. The third-order valence-electron chi connectivity index (χ3n) is 8.18. The first kappa shape index (κ1) is 31.5. The maximum Gasteiger partial charge on any atom is 0.335 e. The molecule has 1 amide bonds. The number of carbonyl (C=O) groups is 2. The third kappa shape index (κ3) is 7.71. The summed E-state index contributed by atoms with van der Waals surface area (Å²) in [4.78, 5) is 35.7. The predicted molar refractivity (Wildman–Crippen MR) is 167 cm³/mol. The van der Waals surface area contributed by atoms with Gasteiger partial charge < -0.3 is 14.9 Å². The molecule has 2 aliphatic rings. The van der Waals surface area contributed by atoms with Crippen LogP contribution in [0.25, 0.3) is 0 Å². The van der Waals surface area contributed by atoms with E-state index in [1.54, 1.807) is 30.3 Å². The number of halogens is 2. The summed E-state index contributed by atoms with van der Waals surface area (Å²) in [7, 11) is 0. The van der Waals surface area contributed by atoms with Gasteiger partial charge in [-0.25, -0.2) is 4.79 Å². The van der Waals surface area contributed by atoms with E-state index in [1.165, 1.54) is 0 Å². The third-order valence-corrected chi connectivity index (χ3v) is 8.62. The predicted octanol–water partition coefficient (Wildman–Crippen LogP) is 8.12. The Morgan fingerprint density at radius 2 is 1.51 bits per heavy atom. The Balaban J connectivity index is 1.76. The van der Waals surface area contributed by atoms with Crippen molar-refractivity contribution in [3.05, 3.63) is 69.2 Å². The first-order valence-corrected chi connectivity index (χ1v) is 15.3. The second-order valence-corrected chi connectivity index (χ2v) is 14.8. The standard InChI is InChI=1S/C33H43Cl2N3O3/c1-31(2,3)12-11-27(22-7-9-23(10-8-22)30(40)41)38-29(39)28(24-19-25(34)21-26(35)20-24)36-33(38)14-17-37(18-15-33)16-13-32(4,5)6/h7-10,19-21,27H,11-18H2,1-6H3,(H,40,41). The van der Waals surface area contributed by atoms with E-state index in [9.17, 15) is 14.7 Å². The summed E-state index contributed by atoms with van der Waals surface area (Å²) in [6, 6.07) is 11.9. The van der Waals surface area contributed by atoms with Crippen LogP contribution in [0.2, 0.25) is 10.0 Å². The molecule has 1 saturated heterocycles. The minimum atomic E-state index is -0.970. The number of hydrogen-bond donors (Lipinski definition) is 1. The van der Waals surface area contributed by atoms with Crippen LogP contribution < -0.4 is 0 Å². The van der Waals surface area contributed by atoms with Crippen molar-refractivity contribution in [2.75, 3.05) is 19.6 Å². The van der Waals surface area contributed by atoms with Crippen LogP contribution in [0, 0.1) is 10.8 Å². The first-order valence-electron chi connectivity index (χ1n) is 14.5. The minimum absolute atomic E-state index is 0.0513. The summed E-state index contributed by atoms with van der Waals surface area (Å²) in [5, 5.41) is 10.4. The van der Waals surface area contributed by atoms with E-state index >= 15 is 0 Å². The number of aliphatic imine (C=N–C) groups is 1. The van der Waals surface area contributed by atoms with E-state index in [0.717, 1.165) is 57.3 Å². The van der Waals surface area contributed by atoms with Gasteiger partial charge in [-0.1, -0.05) is 76.9 Å². The van der Waals surface area contributed by atoms with E-state index in [2.05, 4.69) is 46.4 Å². The molecular weight excluding hydrogens is 557 g/mol. The highest BCUT2D eigenvalue weighted by molar-refractivity contribution is 6.47. The molecule has 41 heavy (non-hydrogen) atoms. The van der Waals surface area contributed by atoms with Crippen LogP contribution in [0.5, 0.6) is 0 Å². The lowest BCUT2D eigenvalue weighted by Crippen LogP contribution is -2.55. The van der Waals surface area contributed by atoms with Crippen molar-refractivity contribution in [3.8, 4) is 0 Å². The summed E-state index contributed by atoms with van der Waals surface area (Å²) in [5.74, 6) is -1.10. The van der Waals surface area contributed by atoms with Gasteiger partial charge in [0.05, 0.1) is 11.6 Å². The number of rotatable bonds is 8. The Hall–Kier alpha value is -2.41. The lowest BCUT2D eigenvalue weighted by molar-refractivity contribution is -0.133. The molecular formula is C33H43Cl2N3O3.